The van der Waals surface area contributed by atoms with Gasteiger partial charge >= 0.3 is 0 Å². The number of aryl methyl sites for hydroxylation is 1. The van der Waals surface area contributed by atoms with Crippen LogP contribution in [0.15, 0.2) is 48.7 Å². The molecule has 0 aliphatic carbocycles. The molecule has 146 valence electrons. The predicted molar refractivity (Wildman–Crippen MR) is 108 cm³/mol. The Morgan fingerprint density at radius 3 is 2.69 bits per heavy atom. The second-order valence-electron chi connectivity index (χ2n) is 6.40. The zero-order valence-corrected chi connectivity index (χ0v) is 16.3. The standard InChI is InChI=1S/C20H16ClFN6O/c1-11-15(10-23-28(11)18-6-4-3-5-17(18)22)20(29)25-13-7-8-14(16(21)9-13)19-24-12(2)26-27-19/h3-10H,1-2H3,(H,25,29)(H,24,26,27). The quantitative estimate of drug-likeness (QED) is 0.524. The predicted octanol–water partition coefficient (Wildman–Crippen LogP) is 4.32. The molecule has 2 aromatic carbocycles. The van der Waals surface area contributed by atoms with E-state index in [0.29, 0.717) is 39.2 Å². The van der Waals surface area contributed by atoms with Gasteiger partial charge < -0.3 is 5.32 Å². The number of halogens is 2. The second kappa shape index (κ2) is 7.48. The molecule has 2 N–H and O–H groups in total. The highest BCUT2D eigenvalue weighted by Gasteiger charge is 2.18. The molecular weight excluding hydrogens is 395 g/mol. The monoisotopic (exact) mass is 410 g/mol. The number of amides is 1. The summed E-state index contributed by atoms with van der Waals surface area (Å²) < 4.78 is 15.4. The molecule has 0 aliphatic heterocycles. The molecule has 0 fully saturated rings. The van der Waals surface area contributed by atoms with E-state index in [1.807, 2.05) is 0 Å². The van der Waals surface area contributed by atoms with Gasteiger partial charge in [-0.1, -0.05) is 23.7 Å². The van der Waals surface area contributed by atoms with Gasteiger partial charge in [0, 0.05) is 11.3 Å². The van der Waals surface area contributed by atoms with Crippen LogP contribution >= 0.6 is 11.6 Å². The Balaban J connectivity index is 1.57. The van der Waals surface area contributed by atoms with Crippen LogP contribution < -0.4 is 5.32 Å². The van der Waals surface area contributed by atoms with Gasteiger partial charge in [0.25, 0.3) is 5.91 Å². The SMILES string of the molecule is Cc1nc(-c2ccc(NC(=O)c3cnn(-c4ccccc4F)c3C)cc2Cl)n[nH]1. The molecule has 0 saturated carbocycles. The number of aromatic amines is 1. The summed E-state index contributed by atoms with van der Waals surface area (Å²) in [7, 11) is 0. The van der Waals surface area contributed by atoms with Crippen molar-refractivity contribution in [3.8, 4) is 17.1 Å². The third-order valence-corrected chi connectivity index (χ3v) is 4.71. The van der Waals surface area contributed by atoms with Crippen molar-refractivity contribution in [2.75, 3.05) is 5.32 Å². The van der Waals surface area contributed by atoms with E-state index in [1.165, 1.54) is 16.9 Å². The van der Waals surface area contributed by atoms with Crippen molar-refractivity contribution in [1.29, 1.82) is 0 Å². The van der Waals surface area contributed by atoms with Crippen LogP contribution in [0.1, 0.15) is 21.9 Å². The number of nitrogens with zero attached hydrogens (tertiary/aromatic N) is 4. The molecule has 0 saturated heterocycles. The second-order valence-corrected chi connectivity index (χ2v) is 6.81. The molecule has 0 spiro atoms. The molecule has 1 amide bonds. The summed E-state index contributed by atoms with van der Waals surface area (Å²) in [6.45, 7) is 3.50. The molecule has 7 nitrogen and oxygen atoms in total. The van der Waals surface area contributed by atoms with E-state index >= 15 is 0 Å². The van der Waals surface area contributed by atoms with Crippen LogP contribution in [-0.4, -0.2) is 30.9 Å². The highest BCUT2D eigenvalue weighted by Crippen LogP contribution is 2.28. The summed E-state index contributed by atoms with van der Waals surface area (Å²) in [4.78, 5) is 17.0. The van der Waals surface area contributed by atoms with Crippen LogP contribution in [0.5, 0.6) is 0 Å². The lowest BCUT2D eigenvalue weighted by Gasteiger charge is -2.08. The van der Waals surface area contributed by atoms with Crippen molar-refractivity contribution in [1.82, 2.24) is 25.0 Å². The summed E-state index contributed by atoms with van der Waals surface area (Å²) in [6, 6.07) is 11.3. The molecular formula is C20H16ClFN6O. The van der Waals surface area contributed by atoms with Crippen LogP contribution in [0, 0.1) is 19.7 Å². The Hall–Kier alpha value is -3.52. The molecule has 4 aromatic rings. The van der Waals surface area contributed by atoms with Gasteiger partial charge in [-0.2, -0.15) is 10.2 Å². The summed E-state index contributed by atoms with van der Waals surface area (Å²) in [5, 5.41) is 14.2. The van der Waals surface area contributed by atoms with Gasteiger partial charge in [-0.05, 0) is 44.2 Å². The Morgan fingerprint density at radius 2 is 2.00 bits per heavy atom. The minimum atomic E-state index is -0.421. The number of benzene rings is 2. The molecule has 2 aromatic heterocycles. The lowest BCUT2D eigenvalue weighted by Crippen LogP contribution is -2.13. The first-order valence-corrected chi connectivity index (χ1v) is 9.11. The smallest absolute Gasteiger partial charge is 0.259 e. The van der Waals surface area contributed by atoms with Crippen molar-refractivity contribution >= 4 is 23.2 Å². The number of nitrogens with one attached hydrogen (secondary N) is 2. The van der Waals surface area contributed by atoms with Gasteiger partial charge in [0.2, 0.25) is 0 Å². The van der Waals surface area contributed by atoms with Crippen molar-refractivity contribution in [3.05, 3.63) is 76.6 Å². The fourth-order valence-corrected chi connectivity index (χ4v) is 3.20. The van der Waals surface area contributed by atoms with Gasteiger partial charge in [0.1, 0.15) is 17.3 Å². The van der Waals surface area contributed by atoms with Crippen molar-refractivity contribution < 1.29 is 9.18 Å². The van der Waals surface area contributed by atoms with Crippen LogP contribution in [0.2, 0.25) is 5.02 Å². The van der Waals surface area contributed by atoms with Gasteiger partial charge in [-0.25, -0.2) is 14.1 Å². The first-order chi connectivity index (χ1) is 13.9. The molecule has 0 bridgehead atoms. The number of aromatic nitrogens is 5. The first kappa shape index (κ1) is 18.8. The Kier molecular flexibility index (Phi) is 4.85. The van der Waals surface area contributed by atoms with Crippen molar-refractivity contribution in [2.24, 2.45) is 0 Å². The van der Waals surface area contributed by atoms with E-state index in [9.17, 15) is 9.18 Å². The van der Waals surface area contributed by atoms with Gasteiger partial charge in [-0.15, -0.1) is 0 Å². The van der Waals surface area contributed by atoms with E-state index in [2.05, 4.69) is 25.6 Å². The van der Waals surface area contributed by atoms with Crippen LogP contribution in [0.3, 0.4) is 0 Å². The molecule has 4 rings (SSSR count). The summed E-state index contributed by atoms with van der Waals surface area (Å²) in [5.41, 5.74) is 2.29. The zero-order chi connectivity index (χ0) is 20.5. The van der Waals surface area contributed by atoms with E-state index in [1.54, 1.807) is 50.2 Å². The maximum absolute atomic E-state index is 14.0. The molecule has 29 heavy (non-hydrogen) atoms. The maximum atomic E-state index is 14.0. The van der Waals surface area contributed by atoms with Gasteiger partial charge in [-0.3, -0.25) is 9.89 Å². The van der Waals surface area contributed by atoms with Crippen LogP contribution in [0.4, 0.5) is 10.1 Å². The number of hydrogen-bond donors (Lipinski definition) is 2. The van der Waals surface area contributed by atoms with E-state index in [-0.39, 0.29) is 11.6 Å². The molecule has 0 unspecified atom stereocenters. The topological polar surface area (TPSA) is 88.5 Å². The third kappa shape index (κ3) is 3.62. The first-order valence-electron chi connectivity index (χ1n) is 8.74. The lowest BCUT2D eigenvalue weighted by molar-refractivity contribution is 0.102. The molecule has 2 heterocycles. The Bertz CT molecular complexity index is 1220. The van der Waals surface area contributed by atoms with Gasteiger partial charge in [0.05, 0.1) is 22.5 Å². The van der Waals surface area contributed by atoms with Crippen LogP contribution in [0.25, 0.3) is 17.1 Å². The number of hydrogen-bond acceptors (Lipinski definition) is 4. The summed E-state index contributed by atoms with van der Waals surface area (Å²) in [5.74, 6) is 0.362. The highest BCUT2D eigenvalue weighted by atomic mass is 35.5. The summed E-state index contributed by atoms with van der Waals surface area (Å²) in [6.07, 6.45) is 1.41. The third-order valence-electron chi connectivity index (χ3n) is 4.40. The number of carbonyl (C=O) groups excluding carboxylic acids is 1. The number of carbonyl (C=O) groups is 1. The van der Waals surface area contributed by atoms with E-state index in [4.69, 9.17) is 11.6 Å². The van der Waals surface area contributed by atoms with E-state index in [0.717, 1.165) is 0 Å². The molecule has 0 radical (unpaired) electrons. The van der Waals surface area contributed by atoms with E-state index < -0.39 is 5.82 Å². The summed E-state index contributed by atoms with van der Waals surface area (Å²) >= 11 is 6.33. The Labute approximate surface area is 170 Å². The lowest BCUT2D eigenvalue weighted by atomic mass is 10.2. The van der Waals surface area contributed by atoms with Gasteiger partial charge in [0.15, 0.2) is 5.82 Å². The Morgan fingerprint density at radius 1 is 1.21 bits per heavy atom. The average Bonchev–Trinajstić information content (AvgIpc) is 3.28. The van der Waals surface area contributed by atoms with Crippen LogP contribution in [-0.2, 0) is 0 Å². The normalized spacial score (nSPS) is 10.9. The minimum absolute atomic E-state index is 0.276. The molecule has 0 atom stereocenters. The fourth-order valence-electron chi connectivity index (χ4n) is 2.93. The highest BCUT2D eigenvalue weighted by molar-refractivity contribution is 6.33. The number of rotatable bonds is 4. The maximum Gasteiger partial charge on any atom is 0.259 e. The minimum Gasteiger partial charge on any atom is -0.322 e. The number of para-hydroxylation sites is 1. The molecule has 9 heteroatoms. The van der Waals surface area contributed by atoms with Crippen molar-refractivity contribution in [3.63, 3.8) is 0 Å². The fraction of sp³-hybridized carbons (Fsp3) is 0.100. The average molecular weight is 411 g/mol. The number of H-pyrrole nitrogens is 1. The zero-order valence-electron chi connectivity index (χ0n) is 15.6. The van der Waals surface area contributed by atoms with Crippen molar-refractivity contribution in [2.45, 2.75) is 13.8 Å². The largest absolute Gasteiger partial charge is 0.322 e. The number of anilines is 1. The molecule has 0 aliphatic rings.